The van der Waals surface area contributed by atoms with Crippen molar-refractivity contribution >= 4 is 71.0 Å². The van der Waals surface area contributed by atoms with Gasteiger partial charge < -0.3 is 48.0 Å². The standard InChI is InChI=1S/C24H30N10O9P2S2/c1-39-44(37,46)40-6-12-4-14(33-10-29-18-20(25)27-9-28-21(18)33)13(12)7-41-45(38,47)42-8-16-15(35)5-17(43-16)34-11-30-19-22(36)31-24-26-2-3-32(24)23(19)34/h2-3,9-17,35H,4-8H2,1H3,(H,37,46)(H,38,47)(H2,25,27,28)(H,26,31,36)/t12-,13-,14-,15+,16-,17-,44?,45?/m1/s1. The van der Waals surface area contributed by atoms with Crippen molar-refractivity contribution in [2.45, 2.75) is 37.3 Å². The summed E-state index contributed by atoms with van der Waals surface area (Å²) in [6.45, 7) is -7.46. The van der Waals surface area contributed by atoms with Crippen molar-refractivity contribution in [1.82, 2.24) is 43.4 Å². The van der Waals surface area contributed by atoms with E-state index in [1.807, 2.05) is 4.57 Å². The van der Waals surface area contributed by atoms with Gasteiger partial charge in [-0.25, -0.2) is 24.9 Å². The van der Waals surface area contributed by atoms with Gasteiger partial charge >= 0.3 is 13.4 Å². The first-order valence-electron chi connectivity index (χ1n) is 14.3. The Balaban J connectivity index is 1.02. The number of imidazole rings is 3. The van der Waals surface area contributed by atoms with Gasteiger partial charge in [0, 0.05) is 37.9 Å². The Bertz CT molecular complexity index is 2110. The molecule has 5 aromatic heterocycles. The number of rotatable bonds is 12. The van der Waals surface area contributed by atoms with Gasteiger partial charge in [-0.2, -0.15) is 0 Å². The first-order chi connectivity index (χ1) is 22.4. The zero-order chi connectivity index (χ0) is 33.1. The predicted octanol–water partition coefficient (Wildman–Crippen LogP) is 0.750. The van der Waals surface area contributed by atoms with E-state index in [1.54, 1.807) is 27.7 Å². The van der Waals surface area contributed by atoms with Gasteiger partial charge in [-0.1, -0.05) is 0 Å². The lowest BCUT2D eigenvalue weighted by Crippen LogP contribution is -2.43. The first-order valence-corrected chi connectivity index (χ1v) is 19.5. The normalized spacial score (nSPS) is 27.3. The number of nitrogens with two attached hydrogens (primary N) is 1. The van der Waals surface area contributed by atoms with Crippen LogP contribution < -0.4 is 11.3 Å². The van der Waals surface area contributed by atoms with Crippen LogP contribution in [0.1, 0.15) is 25.1 Å². The van der Waals surface area contributed by atoms with Gasteiger partial charge in [-0.15, -0.1) is 0 Å². The van der Waals surface area contributed by atoms with E-state index in [1.165, 1.54) is 19.8 Å². The van der Waals surface area contributed by atoms with Crippen LogP contribution in [0.2, 0.25) is 0 Å². The number of aromatic amines is 1. The molecule has 2 unspecified atom stereocenters. The number of anilines is 1. The van der Waals surface area contributed by atoms with Gasteiger partial charge in [-0.05, 0) is 36.0 Å². The van der Waals surface area contributed by atoms with E-state index >= 15 is 0 Å². The number of fused-ring (bicyclic) bond motifs is 4. The molecule has 0 radical (unpaired) electrons. The summed E-state index contributed by atoms with van der Waals surface area (Å²) in [5.41, 5.74) is 7.18. The fourth-order valence-electron chi connectivity index (χ4n) is 6.00. The van der Waals surface area contributed by atoms with Crippen molar-refractivity contribution in [3.8, 4) is 0 Å². The van der Waals surface area contributed by atoms with E-state index in [0.29, 0.717) is 29.0 Å². The third-order valence-electron chi connectivity index (χ3n) is 8.49. The van der Waals surface area contributed by atoms with E-state index in [4.69, 9.17) is 52.2 Å². The highest BCUT2D eigenvalue weighted by Gasteiger charge is 2.45. The van der Waals surface area contributed by atoms with Crippen molar-refractivity contribution in [3.63, 3.8) is 0 Å². The lowest BCUT2D eigenvalue weighted by Gasteiger charge is -2.45. The van der Waals surface area contributed by atoms with Crippen molar-refractivity contribution in [3.05, 3.63) is 41.7 Å². The lowest BCUT2D eigenvalue weighted by molar-refractivity contribution is -0.0439. The molecule has 1 aliphatic carbocycles. The molecule has 23 heteroatoms. The van der Waals surface area contributed by atoms with Crippen LogP contribution in [0.25, 0.3) is 28.1 Å². The van der Waals surface area contributed by atoms with E-state index in [9.17, 15) is 19.7 Å². The van der Waals surface area contributed by atoms with Crippen molar-refractivity contribution < 1.29 is 37.7 Å². The molecule has 6 N–H and O–H groups in total. The molecule has 0 spiro atoms. The van der Waals surface area contributed by atoms with Gasteiger partial charge in [0.15, 0.2) is 22.6 Å². The summed E-state index contributed by atoms with van der Waals surface area (Å²) in [6, 6.07) is -0.197. The number of nitrogens with one attached hydrogen (secondary N) is 1. The molecule has 1 saturated heterocycles. The Labute approximate surface area is 275 Å². The van der Waals surface area contributed by atoms with Crippen molar-refractivity contribution in [2.75, 3.05) is 32.7 Å². The minimum atomic E-state index is -3.83. The summed E-state index contributed by atoms with van der Waals surface area (Å²) in [5, 5.41) is 10.8. The monoisotopic (exact) mass is 728 g/mol. The van der Waals surface area contributed by atoms with Crippen LogP contribution in [0.3, 0.4) is 0 Å². The number of nitrogen functional groups attached to an aromatic ring is 1. The van der Waals surface area contributed by atoms with Crippen molar-refractivity contribution in [2.24, 2.45) is 11.8 Å². The summed E-state index contributed by atoms with van der Waals surface area (Å²) >= 11 is 10.3. The van der Waals surface area contributed by atoms with Crippen LogP contribution in [-0.2, 0) is 46.4 Å². The average molecular weight is 729 g/mol. The van der Waals surface area contributed by atoms with Gasteiger partial charge in [0.05, 0.1) is 38.6 Å². The highest BCUT2D eigenvalue weighted by Crippen LogP contribution is 2.52. The summed E-state index contributed by atoms with van der Waals surface area (Å²) in [7, 11) is 1.27. The number of aliphatic hydroxyl groups excluding tert-OH is 1. The molecule has 0 bridgehead atoms. The van der Waals surface area contributed by atoms with Crippen LogP contribution >= 0.6 is 13.4 Å². The minimum absolute atomic E-state index is 0.0405. The Morgan fingerprint density at radius 2 is 1.77 bits per heavy atom. The second-order valence-corrected chi connectivity index (χ2v) is 16.9. The van der Waals surface area contributed by atoms with Crippen LogP contribution in [0, 0.1) is 11.8 Å². The molecule has 19 nitrogen and oxygen atoms in total. The maximum atomic E-state index is 12.5. The summed E-state index contributed by atoms with van der Waals surface area (Å²) in [4.78, 5) is 57.2. The number of hydrogen-bond donors (Lipinski definition) is 5. The van der Waals surface area contributed by atoms with E-state index < -0.39 is 37.4 Å². The van der Waals surface area contributed by atoms with Gasteiger partial charge in [0.2, 0.25) is 5.78 Å². The first kappa shape index (κ1) is 32.8. The smallest absolute Gasteiger partial charge is 0.324 e. The molecule has 8 atom stereocenters. The van der Waals surface area contributed by atoms with Gasteiger partial charge in [0.1, 0.15) is 24.2 Å². The summed E-state index contributed by atoms with van der Waals surface area (Å²) in [6.07, 6.45) is 5.85. The van der Waals surface area contributed by atoms with Crippen LogP contribution in [0.5, 0.6) is 0 Å². The van der Waals surface area contributed by atoms with Crippen LogP contribution in [-0.4, -0.2) is 97.5 Å². The molecule has 7 rings (SSSR count). The highest BCUT2D eigenvalue weighted by molar-refractivity contribution is 8.07. The second-order valence-electron chi connectivity index (χ2n) is 11.1. The molecular weight excluding hydrogens is 698 g/mol. The number of aromatic nitrogens is 9. The third kappa shape index (κ3) is 6.27. The Kier molecular flexibility index (Phi) is 8.77. The third-order valence-corrected chi connectivity index (χ3v) is 11.8. The molecule has 2 fully saturated rings. The zero-order valence-electron chi connectivity index (χ0n) is 24.5. The maximum absolute atomic E-state index is 12.5. The zero-order valence-corrected chi connectivity index (χ0v) is 28.0. The number of nitrogens with zero attached hydrogens (tertiary/aromatic N) is 8. The topological polar surface area (TPSA) is 244 Å². The average Bonchev–Trinajstić information content (AvgIpc) is 3.82. The molecule has 47 heavy (non-hydrogen) atoms. The van der Waals surface area contributed by atoms with E-state index in [-0.39, 0.29) is 55.5 Å². The summed E-state index contributed by atoms with van der Waals surface area (Å²) in [5.74, 6) is 0.131. The quantitative estimate of drug-likeness (QED) is 0.111. The Morgan fingerprint density at radius 3 is 2.57 bits per heavy atom. The molecular formula is C24H30N10O9P2S2. The number of H-pyrrole nitrogens is 1. The van der Waals surface area contributed by atoms with Gasteiger partial charge in [0.25, 0.3) is 5.56 Å². The molecule has 0 amide bonds. The second kappa shape index (κ2) is 12.6. The fraction of sp³-hybridized carbons (Fsp3) is 0.500. The minimum Gasteiger partial charge on any atom is -0.390 e. The van der Waals surface area contributed by atoms with Gasteiger partial charge in [-0.3, -0.25) is 18.7 Å². The van der Waals surface area contributed by atoms with E-state index in [0.717, 1.165) is 0 Å². The summed E-state index contributed by atoms with van der Waals surface area (Å²) < 4.78 is 33.0. The molecule has 2 aliphatic rings. The largest absolute Gasteiger partial charge is 0.390 e. The highest BCUT2D eigenvalue weighted by atomic mass is 32.5. The number of hydrogen-bond acceptors (Lipinski definition) is 15. The maximum Gasteiger partial charge on any atom is 0.324 e. The molecule has 1 aliphatic heterocycles. The fourth-order valence-corrected chi connectivity index (χ4v) is 7.81. The molecule has 252 valence electrons. The SMILES string of the molecule is COP(O)(=S)OC[C@H]1C[C@@H](n2cnc3c(N)ncnc32)[C@@H]1COP(O)(=S)OC[C@H]1O[C@@H](n2cnc3c(=O)[nH]c4nccn4c32)C[C@@H]1O. The van der Waals surface area contributed by atoms with Crippen LogP contribution in [0.4, 0.5) is 5.82 Å². The Hall–Kier alpha value is -2.78. The van der Waals surface area contributed by atoms with Crippen LogP contribution in [0.15, 0.2) is 36.2 Å². The number of aliphatic hydroxyl groups is 1. The van der Waals surface area contributed by atoms with E-state index in [2.05, 4.69) is 29.9 Å². The molecule has 0 aromatic carbocycles. The molecule has 5 aromatic rings. The van der Waals surface area contributed by atoms with Crippen molar-refractivity contribution in [1.29, 1.82) is 0 Å². The molecule has 1 saturated carbocycles. The number of ether oxygens (including phenoxy) is 1. The Morgan fingerprint density at radius 1 is 1.02 bits per heavy atom. The predicted molar refractivity (Wildman–Crippen MR) is 172 cm³/mol. The molecule has 6 heterocycles. The lowest BCUT2D eigenvalue weighted by atomic mass is 9.70.